The van der Waals surface area contributed by atoms with Crippen LogP contribution in [-0.2, 0) is 6.18 Å². The molecule has 0 aliphatic heterocycles. The summed E-state index contributed by atoms with van der Waals surface area (Å²) in [5, 5.41) is 1.19. The third-order valence-electron chi connectivity index (χ3n) is 2.98. The number of pyridine rings is 1. The van der Waals surface area contributed by atoms with Crippen LogP contribution in [0.4, 0.5) is 13.2 Å². The predicted octanol–water partition coefficient (Wildman–Crippen LogP) is 4.90. The van der Waals surface area contributed by atoms with E-state index in [1.165, 1.54) is 12.3 Å². The number of nitrogens with one attached hydrogen (secondary N) is 1. The van der Waals surface area contributed by atoms with Crippen molar-refractivity contribution in [3.8, 4) is 11.3 Å². The van der Waals surface area contributed by atoms with E-state index in [-0.39, 0.29) is 0 Å². The van der Waals surface area contributed by atoms with Crippen molar-refractivity contribution in [1.82, 2.24) is 9.97 Å². The highest BCUT2D eigenvalue weighted by atomic mass is 35.5. The van der Waals surface area contributed by atoms with Gasteiger partial charge in [-0.2, -0.15) is 13.2 Å². The average molecular weight is 297 g/mol. The van der Waals surface area contributed by atoms with Gasteiger partial charge in [0.05, 0.1) is 10.6 Å². The van der Waals surface area contributed by atoms with Gasteiger partial charge in [-0.15, -0.1) is 0 Å². The molecule has 3 rings (SSSR count). The zero-order valence-corrected chi connectivity index (χ0v) is 10.8. The Morgan fingerprint density at radius 1 is 1.10 bits per heavy atom. The Bertz CT molecular complexity index is 777. The van der Waals surface area contributed by atoms with Crippen LogP contribution in [0, 0.1) is 0 Å². The Kier molecular flexibility index (Phi) is 2.94. The van der Waals surface area contributed by atoms with Crippen LogP contribution in [0.15, 0.2) is 42.6 Å². The Labute approximate surface area is 117 Å². The van der Waals surface area contributed by atoms with Gasteiger partial charge in [-0.1, -0.05) is 23.7 Å². The summed E-state index contributed by atoms with van der Waals surface area (Å²) < 4.78 is 38.1. The number of aromatic nitrogens is 2. The molecule has 0 spiro atoms. The number of H-pyrrole nitrogens is 1. The first-order chi connectivity index (χ1) is 9.45. The van der Waals surface area contributed by atoms with Crippen LogP contribution >= 0.6 is 11.6 Å². The second kappa shape index (κ2) is 4.52. The maximum Gasteiger partial charge on any atom is 0.416 e. The number of hydrogen-bond donors (Lipinski definition) is 1. The molecule has 2 heterocycles. The van der Waals surface area contributed by atoms with Crippen LogP contribution in [0.1, 0.15) is 5.56 Å². The number of halogens is 4. The minimum absolute atomic E-state index is 0.439. The van der Waals surface area contributed by atoms with E-state index in [1.54, 1.807) is 18.2 Å². The van der Waals surface area contributed by atoms with Crippen molar-refractivity contribution in [2.75, 3.05) is 0 Å². The molecule has 0 aliphatic rings. The SMILES string of the molecule is FC(F)(F)c1cccc(-c2cc3c(Cl)ccnc3[nH]2)c1. The molecule has 2 aromatic heterocycles. The van der Waals surface area contributed by atoms with Crippen molar-refractivity contribution in [2.45, 2.75) is 6.18 Å². The van der Waals surface area contributed by atoms with Crippen LogP contribution in [0.5, 0.6) is 0 Å². The van der Waals surface area contributed by atoms with Gasteiger partial charge in [0.2, 0.25) is 0 Å². The maximum absolute atomic E-state index is 12.7. The summed E-state index contributed by atoms with van der Waals surface area (Å²) in [4.78, 5) is 7.07. The molecular formula is C14H8ClF3N2. The zero-order valence-electron chi connectivity index (χ0n) is 10.0. The van der Waals surface area contributed by atoms with Crippen molar-refractivity contribution < 1.29 is 13.2 Å². The summed E-state index contributed by atoms with van der Waals surface area (Å²) in [6, 6.07) is 8.44. The number of fused-ring (bicyclic) bond motifs is 1. The van der Waals surface area contributed by atoms with Crippen molar-refractivity contribution in [1.29, 1.82) is 0 Å². The summed E-state index contributed by atoms with van der Waals surface area (Å²) in [5.41, 5.74) is 0.846. The number of aromatic amines is 1. The molecule has 20 heavy (non-hydrogen) atoms. The summed E-state index contributed by atoms with van der Waals surface area (Å²) in [5.74, 6) is 0. The molecule has 0 radical (unpaired) electrons. The number of rotatable bonds is 1. The van der Waals surface area contributed by atoms with Crippen molar-refractivity contribution >= 4 is 22.6 Å². The van der Waals surface area contributed by atoms with Crippen molar-refractivity contribution in [3.05, 3.63) is 53.2 Å². The fraction of sp³-hybridized carbons (Fsp3) is 0.0714. The third kappa shape index (κ3) is 2.25. The molecule has 0 saturated carbocycles. The molecule has 0 amide bonds. The van der Waals surface area contributed by atoms with Crippen molar-refractivity contribution in [3.63, 3.8) is 0 Å². The predicted molar refractivity (Wildman–Crippen MR) is 71.5 cm³/mol. The van der Waals surface area contributed by atoms with E-state index in [0.29, 0.717) is 27.3 Å². The van der Waals surface area contributed by atoms with Crippen LogP contribution in [-0.4, -0.2) is 9.97 Å². The standard InChI is InChI=1S/C14H8ClF3N2/c15-11-4-5-19-13-10(11)7-12(20-13)8-2-1-3-9(6-8)14(16,17)18/h1-7H,(H,19,20). The first-order valence-electron chi connectivity index (χ1n) is 5.76. The fourth-order valence-corrected chi connectivity index (χ4v) is 2.21. The van der Waals surface area contributed by atoms with E-state index in [2.05, 4.69) is 9.97 Å². The largest absolute Gasteiger partial charge is 0.416 e. The number of benzene rings is 1. The molecule has 0 fully saturated rings. The third-order valence-corrected chi connectivity index (χ3v) is 3.31. The van der Waals surface area contributed by atoms with Crippen LogP contribution in [0.3, 0.4) is 0 Å². The van der Waals surface area contributed by atoms with Crippen molar-refractivity contribution in [2.24, 2.45) is 0 Å². The van der Waals surface area contributed by atoms with Gasteiger partial charge in [-0.25, -0.2) is 4.98 Å². The highest BCUT2D eigenvalue weighted by molar-refractivity contribution is 6.35. The molecule has 6 heteroatoms. The highest BCUT2D eigenvalue weighted by Gasteiger charge is 2.30. The lowest BCUT2D eigenvalue weighted by molar-refractivity contribution is -0.137. The van der Waals surface area contributed by atoms with E-state index < -0.39 is 11.7 Å². The van der Waals surface area contributed by atoms with E-state index in [1.807, 2.05) is 0 Å². The van der Waals surface area contributed by atoms with E-state index in [9.17, 15) is 13.2 Å². The smallest absolute Gasteiger partial charge is 0.339 e. The lowest BCUT2D eigenvalue weighted by Gasteiger charge is -2.07. The quantitative estimate of drug-likeness (QED) is 0.679. The minimum atomic E-state index is -4.36. The second-order valence-corrected chi connectivity index (χ2v) is 4.72. The number of hydrogen-bond acceptors (Lipinski definition) is 1. The molecule has 0 bridgehead atoms. The van der Waals surface area contributed by atoms with Gasteiger partial charge in [0.15, 0.2) is 0 Å². The Morgan fingerprint density at radius 3 is 2.60 bits per heavy atom. The van der Waals surface area contributed by atoms with Gasteiger partial charge in [0.25, 0.3) is 0 Å². The normalized spacial score (nSPS) is 12.0. The van der Waals surface area contributed by atoms with E-state index >= 15 is 0 Å². The number of alkyl halides is 3. The lowest BCUT2D eigenvalue weighted by Crippen LogP contribution is -2.04. The van der Waals surface area contributed by atoms with Crippen LogP contribution < -0.4 is 0 Å². The number of nitrogens with zero attached hydrogens (tertiary/aromatic N) is 1. The molecule has 0 unspecified atom stereocenters. The molecule has 1 aromatic carbocycles. The summed E-state index contributed by atoms with van der Waals surface area (Å²) in [6.45, 7) is 0. The van der Waals surface area contributed by atoms with Gasteiger partial charge in [0, 0.05) is 17.3 Å². The highest BCUT2D eigenvalue weighted by Crippen LogP contribution is 2.33. The molecule has 0 aliphatic carbocycles. The second-order valence-electron chi connectivity index (χ2n) is 4.32. The van der Waals surface area contributed by atoms with E-state index in [0.717, 1.165) is 12.1 Å². The Balaban J connectivity index is 2.14. The first kappa shape index (κ1) is 13.0. The first-order valence-corrected chi connectivity index (χ1v) is 6.14. The molecule has 0 saturated heterocycles. The summed E-state index contributed by atoms with van der Waals surface area (Å²) >= 11 is 6.02. The van der Waals surface area contributed by atoms with Gasteiger partial charge >= 0.3 is 6.18 Å². The fourth-order valence-electron chi connectivity index (χ4n) is 2.01. The lowest BCUT2D eigenvalue weighted by atomic mass is 10.1. The van der Waals surface area contributed by atoms with Gasteiger partial charge < -0.3 is 4.98 Å². The Hall–Kier alpha value is -2.01. The molecule has 3 aromatic rings. The molecule has 102 valence electrons. The Morgan fingerprint density at radius 2 is 1.90 bits per heavy atom. The average Bonchev–Trinajstić information content (AvgIpc) is 2.83. The van der Waals surface area contributed by atoms with Gasteiger partial charge in [0.1, 0.15) is 5.65 Å². The van der Waals surface area contributed by atoms with Crippen LogP contribution in [0.2, 0.25) is 5.02 Å². The van der Waals surface area contributed by atoms with Gasteiger partial charge in [-0.3, -0.25) is 0 Å². The summed E-state index contributed by atoms with van der Waals surface area (Å²) in [6.07, 6.45) is -2.82. The molecular weight excluding hydrogens is 289 g/mol. The monoisotopic (exact) mass is 296 g/mol. The zero-order chi connectivity index (χ0) is 14.3. The molecule has 1 N–H and O–H groups in total. The van der Waals surface area contributed by atoms with Crippen LogP contribution in [0.25, 0.3) is 22.3 Å². The van der Waals surface area contributed by atoms with E-state index in [4.69, 9.17) is 11.6 Å². The van der Waals surface area contributed by atoms with Gasteiger partial charge in [-0.05, 0) is 29.8 Å². The topological polar surface area (TPSA) is 28.7 Å². The maximum atomic E-state index is 12.7. The molecule has 2 nitrogen and oxygen atoms in total. The summed E-state index contributed by atoms with van der Waals surface area (Å²) in [7, 11) is 0. The minimum Gasteiger partial charge on any atom is -0.339 e. The molecule has 0 atom stereocenters.